The van der Waals surface area contributed by atoms with E-state index in [-0.39, 0.29) is 17.4 Å². The van der Waals surface area contributed by atoms with Gasteiger partial charge in [-0.25, -0.2) is 18.4 Å². The van der Waals surface area contributed by atoms with Crippen LogP contribution < -0.4 is 0 Å². The summed E-state index contributed by atoms with van der Waals surface area (Å²) in [5, 5.41) is 12.1. The number of pyridine rings is 1. The van der Waals surface area contributed by atoms with Gasteiger partial charge in [0.2, 0.25) is 10.0 Å². The summed E-state index contributed by atoms with van der Waals surface area (Å²) in [7, 11) is -3.58. The third-order valence-corrected chi connectivity index (χ3v) is 9.74. The average molecular weight is 515 g/mol. The Balaban J connectivity index is 1.30. The molecular weight excluding hydrogens is 492 g/mol. The molecule has 0 amide bonds. The molecule has 11 heteroatoms. The van der Waals surface area contributed by atoms with Gasteiger partial charge in [0.1, 0.15) is 12.2 Å². The Bertz CT molecular complexity index is 1410. The van der Waals surface area contributed by atoms with Gasteiger partial charge in [0.05, 0.1) is 4.90 Å². The molecule has 1 aliphatic rings. The summed E-state index contributed by atoms with van der Waals surface area (Å²) in [6, 6.07) is 10.7. The maximum Gasteiger partial charge on any atom is 0.323 e. The van der Waals surface area contributed by atoms with Crippen LogP contribution in [0.4, 0.5) is 0 Å². The first-order valence-corrected chi connectivity index (χ1v) is 13.9. The quantitative estimate of drug-likeness (QED) is 0.392. The molecule has 0 atom stereocenters. The van der Waals surface area contributed by atoms with Crippen LogP contribution >= 0.6 is 23.1 Å². The predicted octanol–water partition coefficient (Wildman–Crippen LogP) is 4.30. The molecule has 1 N–H and O–H groups in total. The lowest BCUT2D eigenvalue weighted by atomic mass is 9.90. The number of nitrogens with zero attached hydrogens (tertiary/aromatic N) is 4. The van der Waals surface area contributed by atoms with E-state index in [9.17, 15) is 18.3 Å². The number of rotatable bonds is 7. The fourth-order valence-electron chi connectivity index (χ4n) is 4.34. The van der Waals surface area contributed by atoms with Gasteiger partial charge in [-0.15, -0.1) is 11.3 Å². The number of piperidine rings is 1. The van der Waals surface area contributed by atoms with Gasteiger partial charge in [-0.2, -0.15) is 4.31 Å². The molecule has 4 aromatic rings. The lowest BCUT2D eigenvalue weighted by Gasteiger charge is -2.31. The Hall–Kier alpha value is -2.73. The van der Waals surface area contributed by atoms with E-state index in [2.05, 4.69) is 9.97 Å². The zero-order chi connectivity index (χ0) is 23.7. The Morgan fingerprint density at radius 3 is 2.56 bits per heavy atom. The molecule has 1 aliphatic heterocycles. The molecule has 8 nitrogen and oxygen atoms in total. The highest BCUT2D eigenvalue weighted by molar-refractivity contribution is 8.01. The molecule has 0 spiro atoms. The van der Waals surface area contributed by atoms with Crippen LogP contribution in [0.2, 0.25) is 0 Å². The van der Waals surface area contributed by atoms with Crippen molar-refractivity contribution in [2.75, 3.05) is 13.1 Å². The zero-order valence-corrected chi connectivity index (χ0v) is 20.5. The number of hydrogen-bond acceptors (Lipinski definition) is 7. The molecule has 0 radical (unpaired) electrons. The van der Waals surface area contributed by atoms with Gasteiger partial charge >= 0.3 is 5.97 Å². The number of thiazole rings is 1. The van der Waals surface area contributed by atoms with Gasteiger partial charge in [0.25, 0.3) is 0 Å². The van der Waals surface area contributed by atoms with Crippen LogP contribution in [0.5, 0.6) is 0 Å². The summed E-state index contributed by atoms with van der Waals surface area (Å²) in [6.07, 6.45) is 6.59. The molecule has 176 valence electrons. The maximum atomic E-state index is 13.2. The highest BCUT2D eigenvalue weighted by Crippen LogP contribution is 2.36. The third-order valence-electron chi connectivity index (χ3n) is 5.94. The fraction of sp³-hybridized carbons (Fsp3) is 0.261. The third kappa shape index (κ3) is 4.61. The van der Waals surface area contributed by atoms with Crippen molar-refractivity contribution in [3.63, 3.8) is 0 Å². The predicted molar refractivity (Wildman–Crippen MR) is 131 cm³/mol. The van der Waals surface area contributed by atoms with E-state index in [1.807, 2.05) is 35.8 Å². The first kappa shape index (κ1) is 23.0. The van der Waals surface area contributed by atoms with E-state index < -0.39 is 16.0 Å². The lowest BCUT2D eigenvalue weighted by Crippen LogP contribution is -2.37. The number of carbonyl (C=O) groups is 1. The molecule has 0 unspecified atom stereocenters. The van der Waals surface area contributed by atoms with Crippen molar-refractivity contribution < 1.29 is 18.3 Å². The van der Waals surface area contributed by atoms with Crippen LogP contribution in [0.1, 0.15) is 24.3 Å². The second kappa shape index (κ2) is 9.49. The fourth-order valence-corrected chi connectivity index (χ4v) is 7.40. The molecular formula is C23H22N4O4S3. The molecule has 0 aliphatic carbocycles. The van der Waals surface area contributed by atoms with E-state index in [1.54, 1.807) is 44.7 Å². The van der Waals surface area contributed by atoms with Gasteiger partial charge in [-0.1, -0.05) is 11.8 Å². The van der Waals surface area contributed by atoms with Crippen molar-refractivity contribution in [3.05, 3.63) is 65.9 Å². The summed E-state index contributed by atoms with van der Waals surface area (Å²) in [5.41, 5.74) is 1.68. The Kier molecular flexibility index (Phi) is 6.43. The average Bonchev–Trinajstić information content (AvgIpc) is 3.47. The SMILES string of the molecule is O=C(O)Cn1cc(C2CCN(S(=O)(=O)c3ccc(Sc4nccs4)cc3)CC2)c2cccnc21. The van der Waals surface area contributed by atoms with E-state index in [4.69, 9.17) is 0 Å². The lowest BCUT2D eigenvalue weighted by molar-refractivity contribution is -0.137. The van der Waals surface area contributed by atoms with Gasteiger partial charge in [0, 0.05) is 47.3 Å². The number of hydrogen-bond donors (Lipinski definition) is 1. The second-order valence-corrected chi connectivity index (χ2v) is 12.2. The van der Waals surface area contributed by atoms with Crippen molar-refractivity contribution in [2.45, 2.75) is 39.4 Å². The van der Waals surface area contributed by atoms with Crippen LogP contribution in [-0.2, 0) is 21.4 Å². The van der Waals surface area contributed by atoms with E-state index in [1.165, 1.54) is 11.8 Å². The van der Waals surface area contributed by atoms with Gasteiger partial charge in [0.15, 0.2) is 4.34 Å². The van der Waals surface area contributed by atoms with Crippen LogP contribution in [0.25, 0.3) is 11.0 Å². The maximum absolute atomic E-state index is 13.2. The summed E-state index contributed by atoms with van der Waals surface area (Å²) < 4.78 is 30.6. The highest BCUT2D eigenvalue weighted by atomic mass is 32.2. The van der Waals surface area contributed by atoms with Crippen molar-refractivity contribution >= 4 is 50.1 Å². The number of carboxylic acid groups (broad SMARTS) is 1. The standard InChI is InChI=1S/C23H22N4O4S3/c28-21(29)15-26-14-20(19-2-1-9-24-22(19)26)16-7-11-27(12-8-16)34(30,31)18-5-3-17(4-6-18)33-23-25-10-13-32-23/h1-6,9-10,13-14,16H,7-8,11-12,15H2,(H,28,29). The molecule has 0 saturated carbocycles. The van der Waals surface area contributed by atoms with Crippen molar-refractivity contribution in [2.24, 2.45) is 0 Å². The van der Waals surface area contributed by atoms with Gasteiger partial charge < -0.3 is 9.67 Å². The second-order valence-electron chi connectivity index (χ2n) is 8.03. The van der Waals surface area contributed by atoms with E-state index in [0.29, 0.717) is 31.6 Å². The van der Waals surface area contributed by atoms with E-state index >= 15 is 0 Å². The Morgan fingerprint density at radius 2 is 1.88 bits per heavy atom. The number of benzene rings is 1. The number of carboxylic acids is 1. The minimum Gasteiger partial charge on any atom is -0.480 e. The molecule has 1 saturated heterocycles. The number of sulfonamides is 1. The highest BCUT2D eigenvalue weighted by Gasteiger charge is 2.31. The summed E-state index contributed by atoms with van der Waals surface area (Å²) in [6.45, 7) is 0.667. The van der Waals surface area contributed by atoms with Gasteiger partial charge in [-0.3, -0.25) is 4.79 Å². The van der Waals surface area contributed by atoms with Crippen LogP contribution in [0.15, 0.2) is 74.5 Å². The zero-order valence-electron chi connectivity index (χ0n) is 18.1. The minimum atomic E-state index is -3.58. The number of fused-ring (bicyclic) bond motifs is 1. The molecule has 1 aromatic carbocycles. The number of aromatic nitrogens is 3. The first-order chi connectivity index (χ1) is 16.4. The first-order valence-electron chi connectivity index (χ1n) is 10.7. The van der Waals surface area contributed by atoms with Crippen molar-refractivity contribution in [3.8, 4) is 0 Å². The normalized spacial score (nSPS) is 15.6. The van der Waals surface area contributed by atoms with Crippen molar-refractivity contribution in [1.82, 2.24) is 18.8 Å². The monoisotopic (exact) mass is 514 g/mol. The van der Waals surface area contributed by atoms with Crippen LogP contribution in [-0.4, -0.2) is 51.4 Å². The molecule has 4 heterocycles. The van der Waals surface area contributed by atoms with Crippen LogP contribution in [0.3, 0.4) is 0 Å². The number of aliphatic carboxylic acids is 1. The van der Waals surface area contributed by atoms with E-state index in [0.717, 1.165) is 20.2 Å². The smallest absolute Gasteiger partial charge is 0.323 e. The molecule has 0 bridgehead atoms. The van der Waals surface area contributed by atoms with Crippen LogP contribution in [0, 0.1) is 0 Å². The summed E-state index contributed by atoms with van der Waals surface area (Å²) >= 11 is 3.05. The van der Waals surface area contributed by atoms with Crippen molar-refractivity contribution in [1.29, 1.82) is 0 Å². The molecule has 1 fully saturated rings. The summed E-state index contributed by atoms with van der Waals surface area (Å²) in [5.74, 6) is -0.781. The largest absolute Gasteiger partial charge is 0.480 e. The molecule has 3 aromatic heterocycles. The Labute approximate surface area is 205 Å². The minimum absolute atomic E-state index is 0.144. The molecule has 5 rings (SSSR count). The molecule has 34 heavy (non-hydrogen) atoms. The van der Waals surface area contributed by atoms with Gasteiger partial charge in [-0.05, 0) is 60.7 Å². The summed E-state index contributed by atoms with van der Waals surface area (Å²) in [4.78, 5) is 21.1. The Morgan fingerprint density at radius 1 is 1.12 bits per heavy atom. The topological polar surface area (TPSA) is 105 Å².